The number of carbonyl (C=O) groups excluding carboxylic acids is 1. The molecule has 1 amide bonds. The molecule has 0 spiro atoms. The summed E-state index contributed by atoms with van der Waals surface area (Å²) in [6, 6.07) is 14.5. The van der Waals surface area contributed by atoms with Gasteiger partial charge in [0.15, 0.2) is 0 Å². The summed E-state index contributed by atoms with van der Waals surface area (Å²) < 4.78 is 14.8. The Morgan fingerprint density at radius 2 is 1.81 bits per heavy atom. The number of nitrogens with zero attached hydrogens (tertiary/aromatic N) is 2. The molecule has 3 rings (SSSR count). The fourth-order valence-electron chi connectivity index (χ4n) is 2.44. The topological polar surface area (TPSA) is 46.9 Å². The van der Waals surface area contributed by atoms with Crippen LogP contribution in [0.5, 0.6) is 0 Å². The normalized spacial score (nSPS) is 10.7. The maximum atomic E-state index is 12.8. The Balaban J connectivity index is 1.37. The lowest BCUT2D eigenvalue weighted by atomic mass is 10.1. The first-order chi connectivity index (χ1) is 12.7. The molecular formula is C20H20FN3OS. The van der Waals surface area contributed by atoms with Crippen molar-refractivity contribution in [3.8, 4) is 0 Å². The first-order valence-corrected chi connectivity index (χ1v) is 9.36. The number of halogens is 1. The number of hydrogen-bond acceptors (Lipinski definition) is 3. The van der Waals surface area contributed by atoms with Crippen LogP contribution in [0.1, 0.15) is 17.5 Å². The monoisotopic (exact) mass is 369 g/mol. The minimum absolute atomic E-state index is 0.0158. The van der Waals surface area contributed by atoms with E-state index in [-0.39, 0.29) is 11.7 Å². The van der Waals surface area contributed by atoms with Crippen LogP contribution in [0.15, 0.2) is 72.1 Å². The third-order valence-electron chi connectivity index (χ3n) is 3.85. The Kier molecular flexibility index (Phi) is 6.44. The third kappa shape index (κ3) is 5.74. The van der Waals surface area contributed by atoms with E-state index in [1.807, 2.05) is 22.9 Å². The average Bonchev–Trinajstić information content (AvgIpc) is 3.16. The zero-order valence-corrected chi connectivity index (χ0v) is 15.1. The van der Waals surface area contributed by atoms with Gasteiger partial charge in [0.1, 0.15) is 5.82 Å². The lowest BCUT2D eigenvalue weighted by Gasteiger charge is -2.07. The number of aromatic nitrogens is 2. The van der Waals surface area contributed by atoms with Crippen molar-refractivity contribution in [1.29, 1.82) is 0 Å². The minimum atomic E-state index is -0.247. The second kappa shape index (κ2) is 9.20. The fraction of sp³-hybridized carbons (Fsp3) is 0.200. The third-order valence-corrected chi connectivity index (χ3v) is 4.86. The molecule has 1 heterocycles. The summed E-state index contributed by atoms with van der Waals surface area (Å²) >= 11 is 1.55. The Labute approximate surface area is 156 Å². The zero-order valence-electron chi connectivity index (χ0n) is 14.3. The quantitative estimate of drug-likeness (QED) is 0.613. The molecule has 0 radical (unpaired) electrons. The van der Waals surface area contributed by atoms with Crippen LogP contribution in [0, 0.1) is 5.82 Å². The lowest BCUT2D eigenvalue weighted by molar-refractivity contribution is -0.120. The van der Waals surface area contributed by atoms with Gasteiger partial charge in [0.25, 0.3) is 0 Å². The van der Waals surface area contributed by atoms with E-state index in [1.54, 1.807) is 36.4 Å². The molecule has 0 aliphatic rings. The van der Waals surface area contributed by atoms with Crippen molar-refractivity contribution in [2.24, 2.45) is 0 Å². The predicted molar refractivity (Wildman–Crippen MR) is 101 cm³/mol. The highest BCUT2D eigenvalue weighted by Crippen LogP contribution is 2.18. The first kappa shape index (κ1) is 18.2. The number of carbonyl (C=O) groups is 1. The summed E-state index contributed by atoms with van der Waals surface area (Å²) in [6.07, 6.45) is 5.91. The molecule has 0 unspecified atom stereocenters. The van der Waals surface area contributed by atoms with Crippen LogP contribution in [-0.4, -0.2) is 21.2 Å². The van der Waals surface area contributed by atoms with Crippen molar-refractivity contribution >= 4 is 17.7 Å². The molecule has 1 N–H and O–H groups in total. The van der Waals surface area contributed by atoms with Gasteiger partial charge in [0.05, 0.1) is 6.33 Å². The summed E-state index contributed by atoms with van der Waals surface area (Å²) in [4.78, 5) is 16.9. The van der Waals surface area contributed by atoms with Crippen molar-refractivity contribution in [3.63, 3.8) is 0 Å². The fourth-order valence-corrected chi connectivity index (χ4v) is 3.29. The van der Waals surface area contributed by atoms with Crippen LogP contribution in [0.3, 0.4) is 0 Å². The molecule has 4 nitrogen and oxygen atoms in total. The number of imidazole rings is 1. The number of amides is 1. The summed E-state index contributed by atoms with van der Waals surface area (Å²) in [5, 5.41) is 2.93. The van der Waals surface area contributed by atoms with E-state index in [0.29, 0.717) is 18.7 Å². The molecular weight excluding hydrogens is 349 g/mol. The van der Waals surface area contributed by atoms with Crippen molar-refractivity contribution in [2.45, 2.75) is 24.4 Å². The van der Waals surface area contributed by atoms with Crippen molar-refractivity contribution in [1.82, 2.24) is 14.9 Å². The van der Waals surface area contributed by atoms with Crippen LogP contribution >= 0.6 is 11.8 Å². The van der Waals surface area contributed by atoms with E-state index >= 15 is 0 Å². The zero-order chi connectivity index (χ0) is 18.2. The molecule has 0 atom stereocenters. The Morgan fingerprint density at radius 1 is 1.08 bits per heavy atom. The van der Waals surface area contributed by atoms with Crippen LogP contribution in [0.4, 0.5) is 4.39 Å². The SMILES string of the molecule is O=C(CCSc1ccc(F)cc1)NCc1ccc(Cn2ccnc2)cc1. The summed E-state index contributed by atoms with van der Waals surface area (Å²) in [5.41, 5.74) is 2.26. The smallest absolute Gasteiger partial charge is 0.221 e. The lowest BCUT2D eigenvalue weighted by Crippen LogP contribution is -2.22. The van der Waals surface area contributed by atoms with E-state index in [4.69, 9.17) is 0 Å². The van der Waals surface area contributed by atoms with E-state index < -0.39 is 0 Å². The maximum absolute atomic E-state index is 12.8. The number of hydrogen-bond donors (Lipinski definition) is 1. The van der Waals surface area contributed by atoms with E-state index in [9.17, 15) is 9.18 Å². The second-order valence-electron chi connectivity index (χ2n) is 5.88. The molecule has 0 aliphatic heterocycles. The van der Waals surface area contributed by atoms with Gasteiger partial charge in [-0.3, -0.25) is 4.79 Å². The molecule has 26 heavy (non-hydrogen) atoms. The Hall–Kier alpha value is -2.60. The van der Waals surface area contributed by atoms with Crippen LogP contribution < -0.4 is 5.32 Å². The average molecular weight is 369 g/mol. The second-order valence-corrected chi connectivity index (χ2v) is 7.05. The van der Waals surface area contributed by atoms with Gasteiger partial charge in [0, 0.05) is 42.6 Å². The molecule has 0 fully saturated rings. The largest absolute Gasteiger partial charge is 0.352 e. The number of thioether (sulfide) groups is 1. The molecule has 134 valence electrons. The molecule has 3 aromatic rings. The summed E-state index contributed by atoms with van der Waals surface area (Å²) in [7, 11) is 0. The van der Waals surface area contributed by atoms with Gasteiger partial charge in [-0.2, -0.15) is 0 Å². The van der Waals surface area contributed by atoms with Gasteiger partial charge in [-0.1, -0.05) is 24.3 Å². The molecule has 6 heteroatoms. The van der Waals surface area contributed by atoms with Gasteiger partial charge in [-0.25, -0.2) is 9.37 Å². The molecule has 0 bridgehead atoms. The predicted octanol–water partition coefficient (Wildman–Crippen LogP) is 3.87. The van der Waals surface area contributed by atoms with Gasteiger partial charge < -0.3 is 9.88 Å². The van der Waals surface area contributed by atoms with E-state index in [0.717, 1.165) is 17.0 Å². The molecule has 0 saturated carbocycles. The van der Waals surface area contributed by atoms with Crippen LogP contribution in [0.2, 0.25) is 0 Å². The summed E-state index contributed by atoms with van der Waals surface area (Å²) in [5.74, 6) is 0.437. The highest BCUT2D eigenvalue weighted by Gasteiger charge is 2.03. The van der Waals surface area contributed by atoms with Crippen molar-refractivity contribution in [3.05, 3.63) is 84.2 Å². The van der Waals surface area contributed by atoms with Gasteiger partial charge >= 0.3 is 0 Å². The van der Waals surface area contributed by atoms with E-state index in [2.05, 4.69) is 22.4 Å². The maximum Gasteiger partial charge on any atom is 0.221 e. The summed E-state index contributed by atoms with van der Waals surface area (Å²) in [6.45, 7) is 1.30. The van der Waals surface area contributed by atoms with E-state index in [1.165, 1.54) is 17.7 Å². The molecule has 2 aromatic carbocycles. The van der Waals surface area contributed by atoms with Crippen molar-refractivity contribution < 1.29 is 9.18 Å². The highest BCUT2D eigenvalue weighted by atomic mass is 32.2. The van der Waals surface area contributed by atoms with Crippen LogP contribution in [-0.2, 0) is 17.9 Å². The molecule has 0 aliphatic carbocycles. The van der Waals surface area contributed by atoms with Gasteiger partial charge in [-0.05, 0) is 35.4 Å². The van der Waals surface area contributed by atoms with Gasteiger partial charge in [-0.15, -0.1) is 11.8 Å². The standard InChI is InChI=1S/C20H20FN3OS/c21-18-5-7-19(8-6-18)26-12-9-20(25)23-13-16-1-3-17(4-2-16)14-24-11-10-22-15-24/h1-8,10-11,15H,9,12-14H2,(H,23,25). The Bertz CT molecular complexity index is 817. The first-order valence-electron chi connectivity index (χ1n) is 8.38. The molecule has 1 aromatic heterocycles. The number of rotatable bonds is 8. The van der Waals surface area contributed by atoms with Crippen LogP contribution in [0.25, 0.3) is 0 Å². The number of benzene rings is 2. The highest BCUT2D eigenvalue weighted by molar-refractivity contribution is 7.99. The minimum Gasteiger partial charge on any atom is -0.352 e. The Morgan fingerprint density at radius 3 is 2.50 bits per heavy atom. The number of nitrogens with one attached hydrogen (secondary N) is 1. The van der Waals surface area contributed by atoms with Gasteiger partial charge in [0.2, 0.25) is 5.91 Å². The molecule has 0 saturated heterocycles. The van der Waals surface area contributed by atoms with Crippen molar-refractivity contribution in [2.75, 3.05) is 5.75 Å².